The molecular weight excluding hydrogens is 921 g/mol. The standard InChI is InChI=1S/C10H14N6O.C10H14N6S.C8H12N8O.C8H12N8S/c2*11-9(12)3-15-1-7-5-17-6-8(7)2-16-4-10(13)14;2*9-7(10)15-13-3-5-1-2-6(17-5)4-14-16-8(11)12/h2*1-2,5-6H,3-4H2,(H3,11,12)(H3,13,14);2*1-4H,(H4,9,10,15)(H4,11,12,16)/p+8/b;;2*13-3+,14-4+. The molecule has 0 aliphatic carbocycles. The second kappa shape index (κ2) is 32.9. The van der Waals surface area contributed by atoms with Crippen molar-refractivity contribution in [3.63, 3.8) is 0 Å². The number of nitrogens with two attached hydrogens (primary N) is 16. The highest BCUT2D eigenvalue weighted by atomic mass is 32.1. The molecule has 30 nitrogen and oxygen atoms in total. The molecule has 4 aromatic heterocycles. The smallest absolute Gasteiger partial charge is 0.260 e. The summed E-state index contributed by atoms with van der Waals surface area (Å²) in [7, 11) is 0. The molecule has 0 fully saturated rings. The van der Waals surface area contributed by atoms with Crippen LogP contribution in [-0.4, -0.2) is 123 Å². The molecule has 0 amide bonds. The third-order valence-corrected chi connectivity index (χ3v) is 8.12. The Kier molecular flexibility index (Phi) is 27.2. The first kappa shape index (κ1) is 56.3. The van der Waals surface area contributed by atoms with Gasteiger partial charge in [0.05, 0.1) is 22.3 Å². The fourth-order valence-corrected chi connectivity index (χ4v) is 5.30. The van der Waals surface area contributed by atoms with Crippen LogP contribution in [0.15, 0.2) is 96.8 Å². The molecule has 0 atom stereocenters. The molecule has 32 heteroatoms. The second-order valence-corrected chi connectivity index (χ2v) is 14.4. The zero-order chi connectivity index (χ0) is 50.7. The molecule has 0 saturated heterocycles. The molecule has 4 heterocycles. The number of hydrogen-bond donors (Lipinski definition) is 20. The predicted octanol–water partition coefficient (Wildman–Crippen LogP) is -17.1. The van der Waals surface area contributed by atoms with E-state index in [-0.39, 0.29) is 60.3 Å². The molecule has 360 valence electrons. The van der Waals surface area contributed by atoms with Crippen molar-refractivity contribution in [2.24, 2.45) is 109 Å². The van der Waals surface area contributed by atoms with Crippen LogP contribution in [-0.2, 0) is 0 Å². The molecule has 0 unspecified atom stereocenters. The Morgan fingerprint density at radius 1 is 0.456 bits per heavy atom. The number of hydrazone groups is 4. The van der Waals surface area contributed by atoms with Gasteiger partial charge in [-0.05, 0) is 24.3 Å². The fourth-order valence-electron chi connectivity index (χ4n) is 3.78. The van der Waals surface area contributed by atoms with Crippen LogP contribution in [0.5, 0.6) is 0 Å². The van der Waals surface area contributed by atoms with E-state index in [2.05, 4.69) is 60.8 Å². The zero-order valence-corrected chi connectivity index (χ0v) is 38.1. The molecule has 0 aromatic carbocycles. The minimum absolute atomic E-state index is 0.0287. The highest BCUT2D eigenvalue weighted by Crippen LogP contribution is 2.11. The minimum Gasteiger partial charge on any atom is -0.471 e. The monoisotopic (exact) mass is 980 g/mol. The molecule has 0 radical (unpaired) electrons. The maximum absolute atomic E-state index is 5.31. The number of hydrogen-bond acceptors (Lipinski definition) is 12. The van der Waals surface area contributed by atoms with Gasteiger partial charge in [-0.15, -0.1) is 21.5 Å². The van der Waals surface area contributed by atoms with Gasteiger partial charge in [-0.3, -0.25) is 64.5 Å². The summed E-state index contributed by atoms with van der Waals surface area (Å²) in [6.45, 7) is 1.17. The average Bonchev–Trinajstić information content (AvgIpc) is 4.08. The van der Waals surface area contributed by atoms with Crippen LogP contribution in [0, 0.1) is 0 Å². The van der Waals surface area contributed by atoms with Gasteiger partial charge in [0.25, 0.3) is 47.2 Å². The number of furan rings is 2. The molecule has 36 N–H and O–H groups in total. The summed E-state index contributed by atoms with van der Waals surface area (Å²) in [6, 6.07) is 7.20. The van der Waals surface area contributed by atoms with Crippen molar-refractivity contribution < 1.29 is 50.9 Å². The van der Waals surface area contributed by atoms with E-state index in [1.165, 1.54) is 23.8 Å². The molecule has 0 bridgehead atoms. The maximum Gasteiger partial charge on any atom is 0.260 e. The first-order chi connectivity index (χ1) is 32.3. The van der Waals surface area contributed by atoms with E-state index in [0.29, 0.717) is 24.6 Å². The predicted molar refractivity (Wildman–Crippen MR) is 268 cm³/mol. The largest absolute Gasteiger partial charge is 0.471 e. The van der Waals surface area contributed by atoms with Gasteiger partial charge in [0.2, 0.25) is 24.9 Å². The third-order valence-electron chi connectivity index (χ3n) is 6.36. The van der Waals surface area contributed by atoms with E-state index >= 15 is 0 Å². The normalized spacial score (nSPS) is 11.1. The van der Waals surface area contributed by atoms with Gasteiger partial charge < -0.3 is 54.7 Å². The van der Waals surface area contributed by atoms with Crippen molar-refractivity contribution in [1.82, 2.24) is 0 Å². The molecule has 4 aromatic rings. The Labute approximate surface area is 395 Å². The zero-order valence-electron chi connectivity index (χ0n) is 36.5. The van der Waals surface area contributed by atoms with Crippen LogP contribution in [0.4, 0.5) is 0 Å². The Hall–Kier alpha value is -9.72. The van der Waals surface area contributed by atoms with Crippen LogP contribution >= 0.6 is 22.7 Å². The number of nitrogens with zero attached hydrogens (tertiary/aromatic N) is 8. The van der Waals surface area contributed by atoms with Crippen molar-refractivity contribution >= 4 is 120 Å². The Morgan fingerprint density at radius 2 is 0.765 bits per heavy atom. The van der Waals surface area contributed by atoms with E-state index in [0.717, 1.165) is 32.0 Å². The molecule has 0 spiro atoms. The maximum atomic E-state index is 5.31. The third kappa shape index (κ3) is 29.6. The lowest BCUT2D eigenvalue weighted by Gasteiger charge is -1.91. The van der Waals surface area contributed by atoms with Gasteiger partial charge in [-0.2, -0.15) is 11.3 Å². The SMILES string of the molecule is NC(=[NH2+])CN=Cc1cocc1C=NCC(N)=[NH2+].NC(=[NH2+])CN=Cc1cscc1C=NCC(N)=[NH2+].NC(N)=N/[NH+]=C/c1ccc(/C=[NH+]/N=C(N)N)o1.NC(N)=N/[NH+]=C/c1ccc(/C=[NH+]/N=C(N)N)s1. The van der Waals surface area contributed by atoms with Crippen molar-refractivity contribution in [2.75, 3.05) is 26.2 Å². The number of thiophene rings is 2. The highest BCUT2D eigenvalue weighted by molar-refractivity contribution is 7.15. The van der Waals surface area contributed by atoms with E-state index in [9.17, 15) is 0 Å². The number of rotatable bonds is 20. The van der Waals surface area contributed by atoms with Crippen LogP contribution in [0.25, 0.3) is 0 Å². The fraction of sp³-hybridized carbons (Fsp3) is 0.111. The topological polar surface area (TPSA) is 596 Å². The van der Waals surface area contributed by atoms with Crippen LogP contribution in [0.2, 0.25) is 0 Å². The van der Waals surface area contributed by atoms with Gasteiger partial charge in [0.15, 0.2) is 11.5 Å². The number of aliphatic imine (C=N–C) groups is 4. The highest BCUT2D eigenvalue weighted by Gasteiger charge is 2.04. The summed E-state index contributed by atoms with van der Waals surface area (Å²) in [5.41, 5.74) is 65.8. The van der Waals surface area contributed by atoms with Gasteiger partial charge >= 0.3 is 0 Å². The van der Waals surface area contributed by atoms with Crippen molar-refractivity contribution in [3.8, 4) is 0 Å². The summed E-state index contributed by atoms with van der Waals surface area (Å²) in [4.78, 5) is 18.2. The van der Waals surface area contributed by atoms with Gasteiger partial charge in [0, 0.05) is 78.3 Å². The van der Waals surface area contributed by atoms with E-state index in [4.69, 9.17) is 99.3 Å². The molecule has 0 aliphatic heterocycles. The summed E-state index contributed by atoms with van der Waals surface area (Å²) in [5, 5.41) is 49.6. The molecule has 0 aliphatic rings. The first-order valence-electron chi connectivity index (χ1n) is 18.8. The lowest BCUT2D eigenvalue weighted by molar-refractivity contribution is -0.457. The van der Waals surface area contributed by atoms with Crippen molar-refractivity contribution in [3.05, 3.63) is 91.1 Å². The minimum atomic E-state index is -0.0750. The quantitative estimate of drug-likeness (QED) is 0.0222. The molecular formula is C36H60N28O2S2+8. The van der Waals surface area contributed by atoms with E-state index < -0.39 is 0 Å². The average molecular weight is 981 g/mol. The van der Waals surface area contributed by atoms with Gasteiger partial charge in [-0.1, -0.05) is 10.2 Å². The second-order valence-electron chi connectivity index (χ2n) is 12.5. The first-order valence-corrected chi connectivity index (χ1v) is 20.6. The van der Waals surface area contributed by atoms with E-state index in [1.54, 1.807) is 73.3 Å². The van der Waals surface area contributed by atoms with Crippen LogP contribution in [0.1, 0.15) is 43.5 Å². The Bertz CT molecular complexity index is 2240. The van der Waals surface area contributed by atoms with Crippen LogP contribution < -0.4 is 111 Å². The van der Waals surface area contributed by atoms with Gasteiger partial charge in [0.1, 0.15) is 26.2 Å². The Balaban J connectivity index is 0.000000453. The molecule has 68 heavy (non-hydrogen) atoms. The number of guanidine groups is 4. The lowest BCUT2D eigenvalue weighted by Crippen LogP contribution is -2.64. The summed E-state index contributed by atoms with van der Waals surface area (Å²) in [6.07, 6.45) is 16.1. The Morgan fingerprint density at radius 3 is 1.07 bits per heavy atom. The van der Waals surface area contributed by atoms with Crippen molar-refractivity contribution in [2.45, 2.75) is 0 Å². The lowest BCUT2D eigenvalue weighted by atomic mass is 10.2. The van der Waals surface area contributed by atoms with E-state index in [1.807, 2.05) is 22.9 Å². The molecule has 4 rings (SSSR count). The summed E-state index contributed by atoms with van der Waals surface area (Å²) >= 11 is 3.06. The van der Waals surface area contributed by atoms with Gasteiger partial charge in [-0.25, -0.2) is 0 Å². The van der Waals surface area contributed by atoms with Crippen molar-refractivity contribution in [1.29, 1.82) is 0 Å². The molecule has 0 saturated carbocycles. The summed E-state index contributed by atoms with van der Waals surface area (Å²) < 4.78 is 10.3. The number of nitrogens with one attached hydrogen (secondary N) is 4. The van der Waals surface area contributed by atoms with Crippen LogP contribution in [0.3, 0.4) is 0 Å². The number of amidine groups is 4. The summed E-state index contributed by atoms with van der Waals surface area (Å²) in [5.74, 6) is 1.95.